The molecule has 0 spiro atoms. The number of hydrogen-bond acceptors (Lipinski definition) is 6. The number of imide groups is 1. The predicted molar refractivity (Wildman–Crippen MR) is 138 cm³/mol. The monoisotopic (exact) mass is 510 g/mol. The first-order chi connectivity index (χ1) is 16.7. The molecule has 182 valence electrons. The van der Waals surface area contributed by atoms with Gasteiger partial charge in [-0.15, -0.1) is 11.3 Å². The van der Waals surface area contributed by atoms with Crippen molar-refractivity contribution in [3.63, 3.8) is 0 Å². The van der Waals surface area contributed by atoms with Crippen molar-refractivity contribution < 1.29 is 18.0 Å². The Morgan fingerprint density at radius 2 is 1.74 bits per heavy atom. The average Bonchev–Trinajstić information content (AvgIpc) is 3.11. The fourth-order valence-corrected chi connectivity index (χ4v) is 7.36. The summed E-state index contributed by atoms with van der Waals surface area (Å²) in [5, 5.41) is 0.615. The van der Waals surface area contributed by atoms with Crippen LogP contribution < -0.4 is 9.73 Å². The van der Waals surface area contributed by atoms with Gasteiger partial charge in [0, 0.05) is 34.1 Å². The normalized spacial score (nSPS) is 17.5. The van der Waals surface area contributed by atoms with Crippen LogP contribution in [-0.2, 0) is 22.9 Å². The lowest BCUT2D eigenvalue weighted by atomic mass is 9.87. The highest BCUT2D eigenvalue weighted by molar-refractivity contribution is 7.92. The molecule has 1 aromatic heterocycles. The van der Waals surface area contributed by atoms with Crippen LogP contribution >= 0.6 is 11.3 Å². The second-order valence-corrected chi connectivity index (χ2v) is 12.4. The van der Waals surface area contributed by atoms with Gasteiger partial charge in [0.05, 0.1) is 22.6 Å². The Bertz CT molecular complexity index is 1490. The van der Waals surface area contributed by atoms with E-state index in [9.17, 15) is 22.8 Å². The van der Waals surface area contributed by atoms with E-state index >= 15 is 0 Å². The second-order valence-electron chi connectivity index (χ2n) is 9.12. The van der Waals surface area contributed by atoms with Gasteiger partial charge in [0.15, 0.2) is 5.43 Å². The van der Waals surface area contributed by atoms with E-state index in [1.807, 2.05) is 0 Å². The van der Waals surface area contributed by atoms with E-state index in [1.165, 1.54) is 7.05 Å². The Kier molecular flexibility index (Phi) is 6.01. The van der Waals surface area contributed by atoms with Gasteiger partial charge in [0.25, 0.3) is 11.8 Å². The molecule has 0 N–H and O–H groups in total. The first-order valence-electron chi connectivity index (χ1n) is 11.7. The summed E-state index contributed by atoms with van der Waals surface area (Å²) in [6.07, 6.45) is 3.79. The van der Waals surface area contributed by atoms with Crippen molar-refractivity contribution in [1.29, 1.82) is 0 Å². The van der Waals surface area contributed by atoms with Gasteiger partial charge < -0.3 is 0 Å². The van der Waals surface area contributed by atoms with Crippen LogP contribution in [-0.4, -0.2) is 44.5 Å². The van der Waals surface area contributed by atoms with Crippen molar-refractivity contribution in [1.82, 2.24) is 4.90 Å². The van der Waals surface area contributed by atoms with E-state index in [0.717, 1.165) is 50.0 Å². The molecule has 0 fully saturated rings. The summed E-state index contributed by atoms with van der Waals surface area (Å²) in [5.74, 6) is -0.779. The number of nitrogens with zero attached hydrogens (tertiary/aromatic N) is 2. The van der Waals surface area contributed by atoms with Crippen LogP contribution in [0.25, 0.3) is 10.1 Å². The zero-order valence-corrected chi connectivity index (χ0v) is 21.2. The molecular weight excluding hydrogens is 484 g/mol. The van der Waals surface area contributed by atoms with E-state index in [4.69, 9.17) is 0 Å². The molecule has 35 heavy (non-hydrogen) atoms. The lowest BCUT2D eigenvalue weighted by Gasteiger charge is -2.24. The van der Waals surface area contributed by atoms with Crippen molar-refractivity contribution in [2.45, 2.75) is 32.6 Å². The highest BCUT2D eigenvalue weighted by Crippen LogP contribution is 2.33. The topological polar surface area (TPSA) is 91.8 Å². The quantitative estimate of drug-likeness (QED) is 0.470. The zero-order chi connectivity index (χ0) is 24.9. The minimum Gasteiger partial charge on any atom is -0.289 e. The van der Waals surface area contributed by atoms with Crippen LogP contribution in [0.2, 0.25) is 0 Å². The van der Waals surface area contributed by atoms with Crippen molar-refractivity contribution in [3.05, 3.63) is 74.3 Å². The molecule has 0 saturated carbocycles. The van der Waals surface area contributed by atoms with Gasteiger partial charge in [-0.2, -0.15) is 0 Å². The Hall–Kier alpha value is -3.04. The van der Waals surface area contributed by atoms with Gasteiger partial charge in [-0.25, -0.2) is 8.42 Å². The lowest BCUT2D eigenvalue weighted by Crippen LogP contribution is -2.38. The van der Waals surface area contributed by atoms with Crippen LogP contribution in [0.1, 0.15) is 50.9 Å². The van der Waals surface area contributed by atoms with Gasteiger partial charge >= 0.3 is 0 Å². The predicted octanol–water partition coefficient (Wildman–Crippen LogP) is 3.84. The number of sulfonamides is 1. The summed E-state index contributed by atoms with van der Waals surface area (Å²) in [5.41, 5.74) is 1.98. The molecule has 5 rings (SSSR count). The summed E-state index contributed by atoms with van der Waals surface area (Å²) in [7, 11) is -2.38. The van der Waals surface area contributed by atoms with E-state index in [0.29, 0.717) is 28.1 Å². The van der Waals surface area contributed by atoms with Gasteiger partial charge in [-0.05, 0) is 55.5 Å². The molecule has 2 heterocycles. The molecule has 2 amide bonds. The Morgan fingerprint density at radius 1 is 1.06 bits per heavy atom. The van der Waals surface area contributed by atoms with Gasteiger partial charge in [0.2, 0.25) is 10.0 Å². The summed E-state index contributed by atoms with van der Waals surface area (Å²) in [4.78, 5) is 40.3. The summed E-state index contributed by atoms with van der Waals surface area (Å²) in [6.45, 7) is 1.94. The van der Waals surface area contributed by atoms with E-state index in [1.54, 1.807) is 53.8 Å². The largest absolute Gasteiger partial charge is 0.289 e. The number of amides is 2. The number of rotatable bonds is 6. The van der Waals surface area contributed by atoms with Crippen molar-refractivity contribution in [2.24, 2.45) is 5.92 Å². The molecule has 2 aliphatic rings. The maximum absolute atomic E-state index is 13.1. The smallest absolute Gasteiger partial charge is 0.261 e. The molecule has 3 aromatic rings. The van der Waals surface area contributed by atoms with Crippen molar-refractivity contribution in [3.8, 4) is 0 Å². The number of carbonyl (C=O) groups excluding carboxylic acids is 2. The van der Waals surface area contributed by atoms with Crippen LogP contribution in [0.15, 0.2) is 47.3 Å². The van der Waals surface area contributed by atoms with E-state index in [2.05, 4.69) is 6.92 Å². The summed E-state index contributed by atoms with van der Waals surface area (Å²) in [6, 6.07) is 11.6. The van der Waals surface area contributed by atoms with Crippen molar-refractivity contribution >= 4 is 48.9 Å². The fourth-order valence-electron chi connectivity index (χ4n) is 4.89. The lowest BCUT2D eigenvalue weighted by molar-refractivity contribution is 0.0664. The summed E-state index contributed by atoms with van der Waals surface area (Å²) >= 11 is 1.57. The molecule has 9 heteroatoms. The molecule has 0 bridgehead atoms. The molecule has 1 atom stereocenters. The Labute approximate surface area is 208 Å². The highest BCUT2D eigenvalue weighted by Gasteiger charge is 2.36. The SMILES string of the molecule is CCC1CCc2c(sc3cc(N(C)S(=O)(=O)CCN4C(=O)c5ccccc5C4=O)ccc3c2=O)C1. The third-order valence-corrected chi connectivity index (χ3v) is 10.1. The van der Waals surface area contributed by atoms with Gasteiger partial charge in [0.1, 0.15) is 0 Å². The number of benzene rings is 2. The molecule has 1 aliphatic heterocycles. The molecule has 0 radical (unpaired) electrons. The van der Waals surface area contributed by atoms with Crippen LogP contribution in [0.4, 0.5) is 5.69 Å². The first kappa shape index (κ1) is 23.7. The summed E-state index contributed by atoms with van der Waals surface area (Å²) < 4.78 is 28.2. The third-order valence-electron chi connectivity index (χ3n) is 7.14. The van der Waals surface area contributed by atoms with Crippen LogP contribution in [0.5, 0.6) is 0 Å². The molecule has 0 saturated heterocycles. The molecule has 2 aromatic carbocycles. The molecule has 1 unspecified atom stereocenters. The molecule has 1 aliphatic carbocycles. The Morgan fingerprint density at radius 3 is 2.40 bits per heavy atom. The zero-order valence-electron chi connectivity index (χ0n) is 19.6. The third kappa shape index (κ3) is 4.06. The number of anilines is 1. The van der Waals surface area contributed by atoms with Crippen LogP contribution in [0, 0.1) is 5.92 Å². The number of hydrogen-bond donors (Lipinski definition) is 0. The van der Waals surface area contributed by atoms with Gasteiger partial charge in [-0.3, -0.25) is 23.6 Å². The maximum atomic E-state index is 13.1. The Balaban J connectivity index is 1.38. The first-order valence-corrected chi connectivity index (χ1v) is 14.1. The molecular formula is C26H26N2O5S2. The van der Waals surface area contributed by atoms with E-state index < -0.39 is 27.6 Å². The van der Waals surface area contributed by atoms with E-state index in [-0.39, 0.29) is 12.0 Å². The average molecular weight is 511 g/mol. The minimum absolute atomic E-state index is 0.0472. The fraction of sp³-hybridized carbons (Fsp3) is 0.346. The molecule has 7 nitrogen and oxygen atoms in total. The highest BCUT2D eigenvalue weighted by atomic mass is 32.2. The van der Waals surface area contributed by atoms with Gasteiger partial charge in [-0.1, -0.05) is 25.5 Å². The second kappa shape index (κ2) is 8.87. The van der Waals surface area contributed by atoms with Crippen molar-refractivity contribution in [2.75, 3.05) is 23.7 Å². The maximum Gasteiger partial charge on any atom is 0.261 e. The minimum atomic E-state index is -3.83. The number of fused-ring (bicyclic) bond motifs is 3. The van der Waals surface area contributed by atoms with Crippen LogP contribution in [0.3, 0.4) is 0 Å². The number of carbonyl (C=O) groups is 2. The standard InChI is InChI=1S/C26H26N2O5S2/c1-3-16-8-10-20-22(14-16)34-23-15-17(9-11-21(23)24(20)29)27(2)35(32,33)13-12-28-25(30)18-6-4-5-7-19(18)26(28)31/h4-7,9,11,15-16H,3,8,10,12-14H2,1-2H3.